The fourth-order valence-corrected chi connectivity index (χ4v) is 5.06. The van der Waals surface area contributed by atoms with Crippen molar-refractivity contribution in [1.82, 2.24) is 24.9 Å². The van der Waals surface area contributed by atoms with Gasteiger partial charge in [-0.2, -0.15) is 9.61 Å². The largest absolute Gasteiger partial charge is 0.384 e. The monoisotopic (exact) mass is 498 g/mol. The summed E-state index contributed by atoms with van der Waals surface area (Å²) in [5.41, 5.74) is 11.7. The quantitative estimate of drug-likeness (QED) is 0.344. The molecule has 0 spiro atoms. The molecule has 1 aliphatic carbocycles. The smallest absolute Gasteiger partial charge is 0.248 e. The molecule has 1 aliphatic rings. The Bertz CT molecular complexity index is 1440. The summed E-state index contributed by atoms with van der Waals surface area (Å²) < 4.78 is 1.52. The molecule has 0 radical (unpaired) electrons. The van der Waals surface area contributed by atoms with Crippen molar-refractivity contribution in [2.45, 2.75) is 57.6 Å². The Labute approximate surface area is 214 Å². The molecular formula is C28H30N6O3. The number of nitrogens with zero attached hydrogens (tertiary/aromatic N) is 4. The maximum atomic E-state index is 12.7. The Morgan fingerprint density at radius 2 is 1.78 bits per heavy atom. The third-order valence-corrected chi connectivity index (χ3v) is 7.05. The number of hydrogen-bond donors (Lipinski definition) is 3. The number of fused-ring (bicyclic) bond motifs is 1. The molecule has 1 fully saturated rings. The van der Waals surface area contributed by atoms with Gasteiger partial charge in [-0.1, -0.05) is 36.4 Å². The number of carbonyl (C=O) groups excluding carboxylic acids is 2. The van der Waals surface area contributed by atoms with E-state index in [1.54, 1.807) is 12.4 Å². The molecule has 0 unspecified atom stereocenters. The van der Waals surface area contributed by atoms with Crippen molar-refractivity contribution in [3.8, 4) is 22.4 Å². The number of anilines is 1. The molecule has 9 heteroatoms. The summed E-state index contributed by atoms with van der Waals surface area (Å²) in [6, 6.07) is 13.9. The zero-order valence-corrected chi connectivity index (χ0v) is 20.9. The van der Waals surface area contributed by atoms with Gasteiger partial charge in [-0.05, 0) is 45.6 Å². The van der Waals surface area contributed by atoms with Crippen molar-refractivity contribution >= 4 is 23.2 Å². The van der Waals surface area contributed by atoms with Gasteiger partial charge in [0.05, 0.1) is 23.1 Å². The lowest BCUT2D eigenvalue weighted by atomic mass is 9.82. The summed E-state index contributed by atoms with van der Waals surface area (Å²) in [4.78, 5) is 34.1. The van der Waals surface area contributed by atoms with Crippen LogP contribution in [0.15, 0.2) is 54.9 Å². The minimum atomic E-state index is -1.04. The molecule has 0 bridgehead atoms. The number of aliphatic hydroxyl groups is 1. The molecular weight excluding hydrogens is 468 g/mol. The van der Waals surface area contributed by atoms with Gasteiger partial charge in [-0.3, -0.25) is 14.6 Å². The third kappa shape index (κ3) is 4.82. The second kappa shape index (κ2) is 10.1. The number of nitrogen functional groups attached to an aromatic ring is 1. The van der Waals surface area contributed by atoms with Crippen molar-refractivity contribution in [1.29, 1.82) is 0 Å². The van der Waals surface area contributed by atoms with Crippen LogP contribution in [-0.4, -0.2) is 48.5 Å². The lowest BCUT2D eigenvalue weighted by Gasteiger charge is -2.30. The number of nitrogens with two attached hydrogens (primary N) is 1. The summed E-state index contributed by atoms with van der Waals surface area (Å²) in [6.45, 7) is 2.95. The summed E-state index contributed by atoms with van der Waals surface area (Å²) >= 11 is 0. The standard InChI is InChI=1S/C28H30N6O3/c1-16(35)24-25(19-8-11-21(12-9-19)32-28(37)17(2)36)33-27-22(15-31-34(27)26(24)29)20-10-13-23(30-14-20)18-6-4-3-5-7-18/h3-7,10,13-15,17,19,21,36H,8-9,11-12,29H2,1-2H3,(H,32,37)/t17-,19-,21-/m1/s1. The van der Waals surface area contributed by atoms with Crippen molar-refractivity contribution in [2.24, 2.45) is 0 Å². The highest BCUT2D eigenvalue weighted by Gasteiger charge is 2.30. The number of benzene rings is 1. The average molecular weight is 499 g/mol. The van der Waals surface area contributed by atoms with E-state index in [-0.39, 0.29) is 29.5 Å². The summed E-state index contributed by atoms with van der Waals surface area (Å²) in [5.74, 6) is -0.228. The van der Waals surface area contributed by atoms with E-state index in [1.807, 2.05) is 42.5 Å². The highest BCUT2D eigenvalue weighted by atomic mass is 16.3. The van der Waals surface area contributed by atoms with Crippen molar-refractivity contribution in [2.75, 3.05) is 5.73 Å². The van der Waals surface area contributed by atoms with Crippen LogP contribution in [0.5, 0.6) is 0 Å². The summed E-state index contributed by atoms with van der Waals surface area (Å²) in [6.07, 6.45) is 5.39. The molecule has 9 nitrogen and oxygen atoms in total. The van der Waals surface area contributed by atoms with Crippen LogP contribution in [-0.2, 0) is 4.79 Å². The normalized spacial score (nSPS) is 18.5. The van der Waals surface area contributed by atoms with E-state index in [0.29, 0.717) is 16.9 Å². The highest BCUT2D eigenvalue weighted by molar-refractivity contribution is 6.00. The number of rotatable bonds is 6. The molecule has 1 aromatic carbocycles. The van der Waals surface area contributed by atoms with Gasteiger partial charge >= 0.3 is 0 Å². The number of nitrogens with one attached hydrogen (secondary N) is 1. The number of hydrogen-bond acceptors (Lipinski definition) is 7. The predicted octanol–water partition coefficient (Wildman–Crippen LogP) is 3.77. The Hall–Kier alpha value is -4.11. The first-order valence-electron chi connectivity index (χ1n) is 12.5. The Balaban J connectivity index is 1.48. The number of pyridine rings is 1. The van der Waals surface area contributed by atoms with E-state index in [0.717, 1.165) is 48.1 Å². The third-order valence-electron chi connectivity index (χ3n) is 7.05. The minimum Gasteiger partial charge on any atom is -0.384 e. The van der Waals surface area contributed by atoms with Crippen LogP contribution < -0.4 is 11.1 Å². The first-order valence-corrected chi connectivity index (χ1v) is 12.5. The van der Waals surface area contributed by atoms with E-state index in [1.165, 1.54) is 18.4 Å². The van der Waals surface area contributed by atoms with E-state index in [9.17, 15) is 14.7 Å². The Kier molecular flexibility index (Phi) is 6.71. The lowest BCUT2D eigenvalue weighted by Crippen LogP contribution is -2.42. The van der Waals surface area contributed by atoms with Crippen LogP contribution in [0.2, 0.25) is 0 Å². The average Bonchev–Trinajstić information content (AvgIpc) is 3.34. The van der Waals surface area contributed by atoms with Gasteiger partial charge in [0.15, 0.2) is 11.4 Å². The van der Waals surface area contributed by atoms with E-state index < -0.39 is 6.10 Å². The van der Waals surface area contributed by atoms with Gasteiger partial charge < -0.3 is 16.2 Å². The topological polar surface area (TPSA) is 136 Å². The molecule has 0 aliphatic heterocycles. The Morgan fingerprint density at radius 1 is 1.05 bits per heavy atom. The summed E-state index contributed by atoms with van der Waals surface area (Å²) in [7, 11) is 0. The molecule has 1 saturated carbocycles. The van der Waals surface area contributed by atoms with E-state index >= 15 is 0 Å². The van der Waals surface area contributed by atoms with Crippen molar-refractivity contribution in [3.05, 3.63) is 66.1 Å². The van der Waals surface area contributed by atoms with Gasteiger partial charge in [0.1, 0.15) is 11.9 Å². The molecule has 0 saturated heterocycles. The van der Waals surface area contributed by atoms with Crippen LogP contribution in [0.1, 0.15) is 61.5 Å². The first-order chi connectivity index (χ1) is 17.8. The zero-order valence-electron chi connectivity index (χ0n) is 20.9. The summed E-state index contributed by atoms with van der Waals surface area (Å²) in [5, 5.41) is 16.8. The fourth-order valence-electron chi connectivity index (χ4n) is 5.06. The zero-order chi connectivity index (χ0) is 26.1. The second-order valence-electron chi connectivity index (χ2n) is 9.64. The fraction of sp³-hybridized carbons (Fsp3) is 0.321. The number of aliphatic hydroxyl groups excluding tert-OH is 1. The number of Topliss-reactive ketones (excluding diaryl/α,β-unsaturated/α-hetero) is 1. The van der Waals surface area contributed by atoms with Gasteiger partial charge in [0.2, 0.25) is 5.91 Å². The number of amides is 1. The lowest BCUT2D eigenvalue weighted by molar-refractivity contribution is -0.129. The van der Waals surface area contributed by atoms with Crippen LogP contribution in [0.4, 0.5) is 5.82 Å². The highest BCUT2D eigenvalue weighted by Crippen LogP contribution is 2.37. The second-order valence-corrected chi connectivity index (χ2v) is 9.64. The van der Waals surface area contributed by atoms with E-state index in [4.69, 9.17) is 10.7 Å². The molecule has 3 aromatic heterocycles. The predicted molar refractivity (Wildman–Crippen MR) is 141 cm³/mol. The van der Waals surface area contributed by atoms with Gasteiger partial charge in [0.25, 0.3) is 0 Å². The number of aromatic nitrogens is 4. The molecule has 4 aromatic rings. The van der Waals surface area contributed by atoms with Crippen molar-refractivity contribution in [3.63, 3.8) is 0 Å². The maximum Gasteiger partial charge on any atom is 0.248 e. The minimum absolute atomic E-state index is 0.0139. The van der Waals surface area contributed by atoms with Crippen LogP contribution in [0.25, 0.3) is 28.0 Å². The van der Waals surface area contributed by atoms with Crippen LogP contribution in [0, 0.1) is 0 Å². The van der Waals surface area contributed by atoms with Gasteiger partial charge in [0, 0.05) is 34.8 Å². The molecule has 4 N–H and O–H groups in total. The molecule has 3 heterocycles. The molecule has 190 valence electrons. The molecule has 5 rings (SSSR count). The van der Waals surface area contributed by atoms with Crippen LogP contribution >= 0.6 is 0 Å². The molecule has 1 atom stereocenters. The van der Waals surface area contributed by atoms with Crippen LogP contribution in [0.3, 0.4) is 0 Å². The number of ketones is 1. The number of carbonyl (C=O) groups is 2. The Morgan fingerprint density at radius 3 is 2.41 bits per heavy atom. The first kappa shape index (κ1) is 24.6. The molecule has 1 amide bonds. The van der Waals surface area contributed by atoms with Gasteiger partial charge in [-0.15, -0.1) is 0 Å². The van der Waals surface area contributed by atoms with E-state index in [2.05, 4.69) is 15.4 Å². The molecule has 37 heavy (non-hydrogen) atoms. The van der Waals surface area contributed by atoms with Gasteiger partial charge in [-0.25, -0.2) is 4.98 Å². The SMILES string of the molecule is CC(=O)c1c(N)n2ncc(-c3ccc(-c4ccccc4)nc3)c2nc1[C@H]1CC[C@H](NC(=O)[C@@H](C)O)CC1. The maximum absolute atomic E-state index is 12.7. The van der Waals surface area contributed by atoms with Crippen molar-refractivity contribution < 1.29 is 14.7 Å².